The molecule has 0 bridgehead atoms. The molecule has 0 amide bonds. The Balaban J connectivity index is 2.72. The van der Waals surface area contributed by atoms with Gasteiger partial charge < -0.3 is 0 Å². The molecule has 0 aromatic rings. The number of rotatable bonds is 1. The van der Waals surface area contributed by atoms with Crippen molar-refractivity contribution in [3.05, 3.63) is 10.2 Å². The van der Waals surface area contributed by atoms with Crippen LogP contribution in [0, 0.1) is 0 Å². The van der Waals surface area contributed by atoms with Crippen LogP contribution in [0.25, 0.3) is 0 Å². The Labute approximate surface area is 67.9 Å². The highest BCUT2D eigenvalue weighted by Gasteiger charge is 2.03. The standard InChI is InChI=1S/C6H7BrClN/c7-5-2-1-3-9-6(5)4-8/h3H,1-2,4H2. The Kier molecular flexibility index (Phi) is 2.73. The summed E-state index contributed by atoms with van der Waals surface area (Å²) in [7, 11) is 0. The molecule has 0 radical (unpaired) electrons. The lowest BCUT2D eigenvalue weighted by molar-refractivity contribution is 1.03. The van der Waals surface area contributed by atoms with Crippen LogP contribution in [0.3, 0.4) is 0 Å². The first-order valence-corrected chi connectivity index (χ1v) is 4.13. The maximum atomic E-state index is 5.57. The summed E-state index contributed by atoms with van der Waals surface area (Å²) in [6, 6.07) is 0. The second-order valence-electron chi connectivity index (χ2n) is 1.84. The zero-order valence-electron chi connectivity index (χ0n) is 4.90. The van der Waals surface area contributed by atoms with Gasteiger partial charge in [-0.25, -0.2) is 0 Å². The van der Waals surface area contributed by atoms with Crippen LogP contribution in [0.5, 0.6) is 0 Å². The van der Waals surface area contributed by atoms with Crippen molar-refractivity contribution < 1.29 is 0 Å². The minimum Gasteiger partial charge on any atom is -0.264 e. The first kappa shape index (κ1) is 7.29. The molecule has 1 nitrogen and oxygen atoms in total. The fourth-order valence-electron chi connectivity index (χ4n) is 0.687. The summed E-state index contributed by atoms with van der Waals surface area (Å²) in [6.45, 7) is 0. The van der Waals surface area contributed by atoms with Gasteiger partial charge in [-0.3, -0.25) is 4.99 Å². The van der Waals surface area contributed by atoms with Gasteiger partial charge in [-0.05, 0) is 12.8 Å². The molecule has 50 valence electrons. The SMILES string of the molecule is ClCC1=C(Br)CCC=N1. The van der Waals surface area contributed by atoms with Crippen LogP contribution in [-0.2, 0) is 0 Å². The molecule has 1 rings (SSSR count). The molecule has 0 spiro atoms. The fraction of sp³-hybridized carbons (Fsp3) is 0.500. The van der Waals surface area contributed by atoms with Crippen molar-refractivity contribution in [3.63, 3.8) is 0 Å². The van der Waals surface area contributed by atoms with E-state index in [1.54, 1.807) is 0 Å². The van der Waals surface area contributed by atoms with Gasteiger partial charge in [0, 0.05) is 10.7 Å². The van der Waals surface area contributed by atoms with Gasteiger partial charge >= 0.3 is 0 Å². The molecule has 0 saturated carbocycles. The molecule has 9 heavy (non-hydrogen) atoms. The third kappa shape index (κ3) is 1.80. The van der Waals surface area contributed by atoms with Gasteiger partial charge in [0.15, 0.2) is 0 Å². The molecule has 0 N–H and O–H groups in total. The van der Waals surface area contributed by atoms with Crippen molar-refractivity contribution in [2.45, 2.75) is 12.8 Å². The zero-order valence-corrected chi connectivity index (χ0v) is 7.24. The highest BCUT2D eigenvalue weighted by molar-refractivity contribution is 9.11. The molecule has 0 aliphatic carbocycles. The third-order valence-corrected chi connectivity index (χ3v) is 2.29. The molecule has 0 atom stereocenters. The molecule has 1 heterocycles. The van der Waals surface area contributed by atoms with Crippen LogP contribution in [-0.4, -0.2) is 12.1 Å². The van der Waals surface area contributed by atoms with Crippen LogP contribution in [0.1, 0.15) is 12.8 Å². The Morgan fingerprint density at radius 3 is 3.00 bits per heavy atom. The van der Waals surface area contributed by atoms with E-state index in [4.69, 9.17) is 11.6 Å². The highest BCUT2D eigenvalue weighted by Crippen LogP contribution is 2.22. The number of hydrogen-bond donors (Lipinski definition) is 0. The Hall–Kier alpha value is 0.180. The molecular formula is C6H7BrClN. The van der Waals surface area contributed by atoms with Gasteiger partial charge in [-0.15, -0.1) is 11.6 Å². The fourth-order valence-corrected chi connectivity index (χ4v) is 1.55. The van der Waals surface area contributed by atoms with Crippen molar-refractivity contribution in [2.75, 3.05) is 5.88 Å². The number of halogens is 2. The summed E-state index contributed by atoms with van der Waals surface area (Å²) in [4.78, 5) is 4.10. The summed E-state index contributed by atoms with van der Waals surface area (Å²) in [5.41, 5.74) is 0.975. The molecule has 0 aromatic heterocycles. The Bertz CT molecular complexity index is 162. The molecule has 1 aliphatic heterocycles. The van der Waals surface area contributed by atoms with E-state index in [1.165, 1.54) is 0 Å². The van der Waals surface area contributed by atoms with Gasteiger partial charge in [0.2, 0.25) is 0 Å². The normalized spacial score (nSPS) is 18.9. The summed E-state index contributed by atoms with van der Waals surface area (Å²) >= 11 is 8.97. The molecular weight excluding hydrogens is 201 g/mol. The van der Waals surface area contributed by atoms with E-state index in [-0.39, 0.29) is 0 Å². The Morgan fingerprint density at radius 2 is 2.56 bits per heavy atom. The molecule has 0 unspecified atom stereocenters. The van der Waals surface area contributed by atoms with Crippen LogP contribution >= 0.6 is 27.5 Å². The van der Waals surface area contributed by atoms with Crippen molar-refractivity contribution in [3.8, 4) is 0 Å². The van der Waals surface area contributed by atoms with E-state index < -0.39 is 0 Å². The van der Waals surface area contributed by atoms with Crippen molar-refractivity contribution >= 4 is 33.7 Å². The Morgan fingerprint density at radius 1 is 1.78 bits per heavy atom. The van der Waals surface area contributed by atoms with Gasteiger partial charge in [0.1, 0.15) is 0 Å². The maximum Gasteiger partial charge on any atom is 0.0655 e. The van der Waals surface area contributed by atoms with Gasteiger partial charge in [-0.1, -0.05) is 15.9 Å². The zero-order chi connectivity index (χ0) is 6.69. The van der Waals surface area contributed by atoms with Crippen molar-refractivity contribution in [2.24, 2.45) is 4.99 Å². The van der Waals surface area contributed by atoms with Crippen molar-refractivity contribution in [1.82, 2.24) is 0 Å². The van der Waals surface area contributed by atoms with E-state index >= 15 is 0 Å². The van der Waals surface area contributed by atoms with E-state index in [9.17, 15) is 0 Å². The van der Waals surface area contributed by atoms with E-state index in [1.807, 2.05) is 6.21 Å². The number of allylic oxidation sites excluding steroid dienone is 2. The lowest BCUT2D eigenvalue weighted by Crippen LogP contribution is -1.93. The quantitative estimate of drug-likeness (QED) is 0.588. The van der Waals surface area contributed by atoms with Crippen LogP contribution in [0.15, 0.2) is 15.2 Å². The number of alkyl halides is 1. The molecule has 3 heteroatoms. The number of hydrogen-bond acceptors (Lipinski definition) is 1. The summed E-state index contributed by atoms with van der Waals surface area (Å²) < 4.78 is 1.15. The van der Waals surface area contributed by atoms with Crippen molar-refractivity contribution in [1.29, 1.82) is 0 Å². The minimum atomic E-state index is 0.511. The van der Waals surface area contributed by atoms with Crippen LogP contribution < -0.4 is 0 Å². The monoisotopic (exact) mass is 207 g/mol. The minimum absolute atomic E-state index is 0.511. The number of aliphatic imine (C=N–C) groups is 1. The lowest BCUT2D eigenvalue weighted by atomic mass is 10.2. The topological polar surface area (TPSA) is 12.4 Å². The highest BCUT2D eigenvalue weighted by atomic mass is 79.9. The molecule has 0 fully saturated rings. The largest absolute Gasteiger partial charge is 0.264 e. The number of nitrogens with zero attached hydrogens (tertiary/aromatic N) is 1. The summed E-state index contributed by atoms with van der Waals surface area (Å²) in [5, 5.41) is 0. The van der Waals surface area contributed by atoms with E-state index in [2.05, 4.69) is 20.9 Å². The third-order valence-electron chi connectivity index (χ3n) is 1.18. The lowest BCUT2D eigenvalue weighted by Gasteiger charge is -2.05. The first-order chi connectivity index (χ1) is 4.34. The second-order valence-corrected chi connectivity index (χ2v) is 3.06. The first-order valence-electron chi connectivity index (χ1n) is 2.80. The van der Waals surface area contributed by atoms with Crippen LogP contribution in [0.4, 0.5) is 0 Å². The molecule has 0 aromatic carbocycles. The maximum absolute atomic E-state index is 5.57. The van der Waals surface area contributed by atoms with Gasteiger partial charge in [0.05, 0.1) is 11.6 Å². The predicted molar refractivity (Wildman–Crippen MR) is 44.4 cm³/mol. The smallest absolute Gasteiger partial charge is 0.0655 e. The van der Waals surface area contributed by atoms with Crippen LogP contribution in [0.2, 0.25) is 0 Å². The van der Waals surface area contributed by atoms with Gasteiger partial charge in [0.25, 0.3) is 0 Å². The average molecular weight is 208 g/mol. The predicted octanol–water partition coefficient (Wildman–Crippen LogP) is 2.70. The molecule has 0 saturated heterocycles. The molecule has 1 aliphatic rings. The van der Waals surface area contributed by atoms with E-state index in [0.29, 0.717) is 5.88 Å². The van der Waals surface area contributed by atoms with Gasteiger partial charge in [-0.2, -0.15) is 0 Å². The van der Waals surface area contributed by atoms with E-state index in [0.717, 1.165) is 23.0 Å². The summed E-state index contributed by atoms with van der Waals surface area (Å²) in [6.07, 6.45) is 3.98. The average Bonchev–Trinajstić information content (AvgIpc) is 1.89. The summed E-state index contributed by atoms with van der Waals surface area (Å²) in [5.74, 6) is 0.511. The second kappa shape index (κ2) is 3.37.